The lowest BCUT2D eigenvalue weighted by molar-refractivity contribution is -0.125. The molecule has 0 bridgehead atoms. The third-order valence-corrected chi connectivity index (χ3v) is 4.57. The zero-order chi connectivity index (χ0) is 20.0. The maximum atomic E-state index is 12.0. The topological polar surface area (TPSA) is 88.9 Å². The van der Waals surface area contributed by atoms with E-state index in [-0.39, 0.29) is 29.7 Å². The van der Waals surface area contributed by atoms with Crippen molar-refractivity contribution < 1.29 is 9.59 Å². The Morgan fingerprint density at radius 1 is 1.19 bits per heavy atom. The van der Waals surface area contributed by atoms with Gasteiger partial charge in [-0.2, -0.15) is 0 Å². The molecule has 0 aliphatic rings. The van der Waals surface area contributed by atoms with E-state index in [1.807, 2.05) is 57.4 Å². The van der Waals surface area contributed by atoms with E-state index in [9.17, 15) is 9.59 Å². The lowest BCUT2D eigenvalue weighted by atomic mass is 10.1. The molecule has 0 atom stereocenters. The third-order valence-electron chi connectivity index (χ3n) is 3.60. The van der Waals surface area contributed by atoms with Crippen LogP contribution in [0, 0.1) is 6.92 Å². The summed E-state index contributed by atoms with van der Waals surface area (Å²) in [6.45, 7) is 10.4. The van der Waals surface area contributed by atoms with E-state index >= 15 is 0 Å². The fourth-order valence-electron chi connectivity index (χ4n) is 2.50. The summed E-state index contributed by atoms with van der Waals surface area (Å²) in [6.07, 6.45) is 0. The predicted molar refractivity (Wildman–Crippen MR) is 107 cm³/mol. The summed E-state index contributed by atoms with van der Waals surface area (Å²) < 4.78 is 1.99. The molecule has 0 saturated heterocycles. The second kappa shape index (κ2) is 9.03. The van der Waals surface area contributed by atoms with Crippen LogP contribution in [0.4, 0.5) is 0 Å². The SMILES string of the molecule is CCn1c(SCC(=O)NCC(=O)NC(C)(C)C)nnc1-c1cccc(C)c1. The van der Waals surface area contributed by atoms with E-state index < -0.39 is 0 Å². The van der Waals surface area contributed by atoms with E-state index in [2.05, 4.69) is 26.9 Å². The number of aryl methyl sites for hydroxylation is 1. The van der Waals surface area contributed by atoms with Gasteiger partial charge in [-0.1, -0.05) is 35.5 Å². The largest absolute Gasteiger partial charge is 0.350 e. The van der Waals surface area contributed by atoms with Crippen LogP contribution in [0.25, 0.3) is 11.4 Å². The fraction of sp³-hybridized carbons (Fsp3) is 0.474. The van der Waals surface area contributed by atoms with E-state index in [1.165, 1.54) is 11.8 Å². The number of carbonyl (C=O) groups excluding carboxylic acids is 2. The molecule has 0 spiro atoms. The lowest BCUT2D eigenvalue weighted by Crippen LogP contribution is -2.46. The Kier molecular flexibility index (Phi) is 7.01. The fourth-order valence-corrected chi connectivity index (χ4v) is 3.33. The highest BCUT2D eigenvalue weighted by Gasteiger charge is 2.16. The molecule has 2 amide bonds. The minimum absolute atomic E-state index is 0.0360. The Hall–Kier alpha value is -2.35. The van der Waals surface area contributed by atoms with Gasteiger partial charge in [0.2, 0.25) is 11.8 Å². The average molecular weight is 390 g/mol. The van der Waals surface area contributed by atoms with Crippen LogP contribution in [-0.4, -0.2) is 44.4 Å². The van der Waals surface area contributed by atoms with Gasteiger partial charge in [-0.05, 0) is 40.7 Å². The number of rotatable bonds is 7. The Morgan fingerprint density at radius 2 is 1.93 bits per heavy atom. The highest BCUT2D eigenvalue weighted by molar-refractivity contribution is 7.99. The maximum absolute atomic E-state index is 12.0. The summed E-state index contributed by atoms with van der Waals surface area (Å²) in [5.74, 6) is 0.536. The zero-order valence-electron chi connectivity index (χ0n) is 16.5. The number of hydrogen-bond donors (Lipinski definition) is 2. The summed E-state index contributed by atoms with van der Waals surface area (Å²) in [5, 5.41) is 14.6. The molecule has 1 aromatic heterocycles. The van der Waals surface area contributed by atoms with E-state index in [1.54, 1.807) is 0 Å². The molecule has 146 valence electrons. The van der Waals surface area contributed by atoms with Crippen LogP contribution in [0.2, 0.25) is 0 Å². The number of thioether (sulfide) groups is 1. The van der Waals surface area contributed by atoms with Gasteiger partial charge in [0, 0.05) is 17.6 Å². The molecule has 0 aliphatic heterocycles. The molecular formula is C19H27N5O2S. The van der Waals surface area contributed by atoms with Gasteiger partial charge < -0.3 is 15.2 Å². The smallest absolute Gasteiger partial charge is 0.239 e. The molecule has 0 radical (unpaired) electrons. The number of nitrogens with one attached hydrogen (secondary N) is 2. The quantitative estimate of drug-likeness (QED) is 0.710. The molecule has 0 fully saturated rings. The number of carbonyl (C=O) groups is 2. The van der Waals surface area contributed by atoms with Crippen molar-refractivity contribution in [2.45, 2.75) is 51.9 Å². The van der Waals surface area contributed by atoms with Crippen LogP contribution in [0.15, 0.2) is 29.4 Å². The van der Waals surface area contributed by atoms with E-state index in [0.29, 0.717) is 11.7 Å². The third kappa shape index (κ3) is 6.39. The monoisotopic (exact) mass is 389 g/mol. The van der Waals surface area contributed by atoms with Crippen LogP contribution in [0.5, 0.6) is 0 Å². The number of nitrogens with zero attached hydrogens (tertiary/aromatic N) is 3. The Balaban J connectivity index is 1.94. The van der Waals surface area contributed by atoms with Gasteiger partial charge >= 0.3 is 0 Å². The summed E-state index contributed by atoms with van der Waals surface area (Å²) in [4.78, 5) is 23.8. The molecule has 2 rings (SSSR count). The Bertz CT molecular complexity index is 811. The lowest BCUT2D eigenvalue weighted by Gasteiger charge is -2.20. The first kappa shape index (κ1) is 21.0. The summed E-state index contributed by atoms with van der Waals surface area (Å²) >= 11 is 1.31. The van der Waals surface area contributed by atoms with Crippen molar-refractivity contribution in [2.75, 3.05) is 12.3 Å². The molecule has 8 heteroatoms. The van der Waals surface area contributed by atoms with Crippen LogP contribution in [0.1, 0.15) is 33.3 Å². The Morgan fingerprint density at radius 3 is 2.56 bits per heavy atom. The number of hydrogen-bond acceptors (Lipinski definition) is 5. The van der Waals surface area contributed by atoms with Gasteiger partial charge in [0.15, 0.2) is 11.0 Å². The molecule has 1 aromatic carbocycles. The van der Waals surface area contributed by atoms with Gasteiger partial charge in [-0.15, -0.1) is 10.2 Å². The minimum Gasteiger partial charge on any atom is -0.350 e. The highest BCUT2D eigenvalue weighted by Crippen LogP contribution is 2.24. The van der Waals surface area contributed by atoms with Gasteiger partial charge in [0.05, 0.1) is 12.3 Å². The number of benzene rings is 1. The standard InChI is InChI=1S/C19H27N5O2S/c1-6-24-17(14-9-7-8-13(2)10-14)22-23-18(24)27-12-16(26)20-11-15(25)21-19(3,4)5/h7-10H,6,11-12H2,1-5H3,(H,20,26)(H,21,25). The summed E-state index contributed by atoms with van der Waals surface area (Å²) in [5.41, 5.74) is 1.83. The van der Waals surface area contributed by atoms with E-state index in [4.69, 9.17) is 0 Å². The van der Waals surface area contributed by atoms with Crippen molar-refractivity contribution in [1.82, 2.24) is 25.4 Å². The molecule has 0 aliphatic carbocycles. The Labute approximate surface area is 164 Å². The maximum Gasteiger partial charge on any atom is 0.239 e. The van der Waals surface area contributed by atoms with Gasteiger partial charge in [0.1, 0.15) is 0 Å². The molecule has 0 saturated carbocycles. The van der Waals surface area contributed by atoms with Crippen molar-refractivity contribution in [1.29, 1.82) is 0 Å². The van der Waals surface area contributed by atoms with Crippen molar-refractivity contribution >= 4 is 23.6 Å². The van der Waals surface area contributed by atoms with Crippen LogP contribution >= 0.6 is 11.8 Å². The first-order valence-electron chi connectivity index (χ1n) is 8.90. The number of aromatic nitrogens is 3. The molecule has 2 aromatic rings. The van der Waals surface area contributed by atoms with Crippen molar-refractivity contribution in [2.24, 2.45) is 0 Å². The normalized spacial score (nSPS) is 11.3. The molecule has 1 heterocycles. The van der Waals surface area contributed by atoms with Crippen LogP contribution < -0.4 is 10.6 Å². The van der Waals surface area contributed by atoms with Crippen molar-refractivity contribution in [3.05, 3.63) is 29.8 Å². The first-order chi connectivity index (χ1) is 12.7. The van der Waals surface area contributed by atoms with Gasteiger partial charge in [-0.3, -0.25) is 9.59 Å². The molecule has 2 N–H and O–H groups in total. The number of amides is 2. The molecule has 7 nitrogen and oxygen atoms in total. The second-order valence-corrected chi connectivity index (χ2v) is 8.23. The van der Waals surface area contributed by atoms with Gasteiger partial charge in [-0.25, -0.2) is 0 Å². The average Bonchev–Trinajstić information content (AvgIpc) is 2.99. The first-order valence-corrected chi connectivity index (χ1v) is 9.89. The van der Waals surface area contributed by atoms with Gasteiger partial charge in [0.25, 0.3) is 0 Å². The van der Waals surface area contributed by atoms with Crippen LogP contribution in [0.3, 0.4) is 0 Å². The molecule has 27 heavy (non-hydrogen) atoms. The van der Waals surface area contributed by atoms with E-state index in [0.717, 1.165) is 17.0 Å². The van der Waals surface area contributed by atoms with Crippen molar-refractivity contribution in [3.8, 4) is 11.4 Å². The summed E-state index contributed by atoms with van der Waals surface area (Å²) in [6, 6.07) is 8.08. The van der Waals surface area contributed by atoms with Crippen molar-refractivity contribution in [3.63, 3.8) is 0 Å². The second-order valence-electron chi connectivity index (χ2n) is 7.28. The van der Waals surface area contributed by atoms with Crippen LogP contribution in [-0.2, 0) is 16.1 Å². The zero-order valence-corrected chi connectivity index (χ0v) is 17.3. The summed E-state index contributed by atoms with van der Waals surface area (Å²) in [7, 11) is 0. The minimum atomic E-state index is -0.319. The molecule has 0 unspecified atom stereocenters. The predicted octanol–water partition coefficient (Wildman–Crippen LogP) is 2.40. The molecular weight excluding hydrogens is 362 g/mol. The highest BCUT2D eigenvalue weighted by atomic mass is 32.2.